The fourth-order valence-electron chi connectivity index (χ4n) is 2.48. The topological polar surface area (TPSA) is 29.3 Å². The molecule has 1 fully saturated rings. The maximum absolute atomic E-state index is 13.7. The van der Waals surface area contributed by atoms with Gasteiger partial charge in [-0.3, -0.25) is 4.90 Å². The zero-order valence-corrected chi connectivity index (χ0v) is 9.83. The molecule has 1 aliphatic heterocycles. The molecule has 1 saturated heterocycles. The van der Waals surface area contributed by atoms with Crippen LogP contribution >= 0.6 is 0 Å². The summed E-state index contributed by atoms with van der Waals surface area (Å²) in [6.45, 7) is 2.15. The molecule has 2 nitrogen and oxygen atoms in total. The van der Waals surface area contributed by atoms with Crippen LogP contribution in [0.25, 0.3) is 0 Å². The molecule has 1 atom stereocenters. The number of rotatable bonds is 3. The van der Waals surface area contributed by atoms with Crippen LogP contribution in [0, 0.1) is 11.6 Å². The zero-order chi connectivity index (χ0) is 12.3. The smallest absolute Gasteiger partial charge is 0.163 e. The van der Waals surface area contributed by atoms with Gasteiger partial charge in [0.2, 0.25) is 0 Å². The Labute approximate surface area is 100 Å². The SMILES string of the molecule is NCC(c1cccc(F)c1F)N1CCCCC1. The lowest BCUT2D eigenvalue weighted by molar-refractivity contribution is 0.164. The molecular formula is C13H18F2N2. The molecule has 2 N–H and O–H groups in total. The number of benzene rings is 1. The summed E-state index contributed by atoms with van der Waals surface area (Å²) in [5.41, 5.74) is 6.11. The lowest BCUT2D eigenvalue weighted by atomic mass is 10.0. The summed E-state index contributed by atoms with van der Waals surface area (Å²) in [6, 6.07) is 4.11. The van der Waals surface area contributed by atoms with E-state index in [4.69, 9.17) is 5.73 Å². The summed E-state index contributed by atoms with van der Waals surface area (Å²) >= 11 is 0. The highest BCUT2D eigenvalue weighted by atomic mass is 19.2. The Bertz CT molecular complexity index is 376. The first kappa shape index (κ1) is 12.5. The van der Waals surface area contributed by atoms with Gasteiger partial charge in [0.15, 0.2) is 11.6 Å². The van der Waals surface area contributed by atoms with Crippen LogP contribution in [0.5, 0.6) is 0 Å². The average Bonchev–Trinajstić information content (AvgIpc) is 2.37. The van der Waals surface area contributed by atoms with E-state index in [0.29, 0.717) is 12.1 Å². The van der Waals surface area contributed by atoms with Gasteiger partial charge in [-0.05, 0) is 32.0 Å². The highest BCUT2D eigenvalue weighted by Gasteiger charge is 2.24. The van der Waals surface area contributed by atoms with E-state index >= 15 is 0 Å². The second-order valence-corrected chi connectivity index (χ2v) is 4.49. The van der Waals surface area contributed by atoms with Crippen molar-refractivity contribution in [3.05, 3.63) is 35.4 Å². The van der Waals surface area contributed by atoms with E-state index in [1.165, 1.54) is 6.42 Å². The number of nitrogens with two attached hydrogens (primary N) is 1. The molecule has 0 bridgehead atoms. The van der Waals surface area contributed by atoms with Gasteiger partial charge in [-0.25, -0.2) is 8.78 Å². The van der Waals surface area contributed by atoms with Gasteiger partial charge in [-0.1, -0.05) is 18.6 Å². The summed E-state index contributed by atoms with van der Waals surface area (Å²) in [5.74, 6) is -1.55. The van der Waals surface area contributed by atoms with E-state index in [-0.39, 0.29) is 6.04 Å². The van der Waals surface area contributed by atoms with Crippen molar-refractivity contribution < 1.29 is 8.78 Å². The van der Waals surface area contributed by atoms with Crippen molar-refractivity contribution >= 4 is 0 Å². The van der Waals surface area contributed by atoms with Crippen molar-refractivity contribution in [2.24, 2.45) is 5.73 Å². The molecule has 0 amide bonds. The van der Waals surface area contributed by atoms with Gasteiger partial charge in [-0.2, -0.15) is 0 Å². The third-order valence-electron chi connectivity index (χ3n) is 3.40. The molecule has 0 aromatic heterocycles. The van der Waals surface area contributed by atoms with E-state index in [0.717, 1.165) is 32.0 Å². The molecule has 1 heterocycles. The Balaban J connectivity index is 2.24. The summed E-state index contributed by atoms with van der Waals surface area (Å²) < 4.78 is 26.9. The molecule has 4 heteroatoms. The maximum Gasteiger partial charge on any atom is 0.163 e. The number of likely N-dealkylation sites (tertiary alicyclic amines) is 1. The van der Waals surface area contributed by atoms with Crippen molar-refractivity contribution in [1.29, 1.82) is 0 Å². The van der Waals surface area contributed by atoms with E-state index < -0.39 is 11.6 Å². The van der Waals surface area contributed by atoms with Gasteiger partial charge in [0.05, 0.1) is 6.04 Å². The van der Waals surface area contributed by atoms with Crippen molar-refractivity contribution in [2.75, 3.05) is 19.6 Å². The monoisotopic (exact) mass is 240 g/mol. The molecule has 0 radical (unpaired) electrons. The first-order valence-corrected chi connectivity index (χ1v) is 6.12. The minimum absolute atomic E-state index is 0.203. The van der Waals surface area contributed by atoms with E-state index in [1.807, 2.05) is 0 Å². The fourth-order valence-corrected chi connectivity index (χ4v) is 2.48. The van der Waals surface area contributed by atoms with Crippen LogP contribution in [0.3, 0.4) is 0 Å². The number of nitrogens with zero attached hydrogens (tertiary/aromatic N) is 1. The lowest BCUT2D eigenvalue weighted by Gasteiger charge is -2.34. The molecule has 0 spiro atoms. The van der Waals surface area contributed by atoms with Gasteiger partial charge in [-0.15, -0.1) is 0 Å². The second-order valence-electron chi connectivity index (χ2n) is 4.49. The minimum Gasteiger partial charge on any atom is -0.329 e. The maximum atomic E-state index is 13.7. The Kier molecular flexibility index (Phi) is 4.07. The molecule has 0 saturated carbocycles. The third kappa shape index (κ3) is 2.64. The zero-order valence-electron chi connectivity index (χ0n) is 9.83. The predicted molar refractivity (Wildman–Crippen MR) is 63.6 cm³/mol. The normalized spacial score (nSPS) is 19.2. The number of hydrogen-bond donors (Lipinski definition) is 1. The standard InChI is InChI=1S/C13H18F2N2/c14-11-6-4-5-10(13(11)15)12(9-16)17-7-2-1-3-8-17/h4-6,12H,1-3,7-9,16H2. The lowest BCUT2D eigenvalue weighted by Crippen LogP contribution is -2.38. The molecule has 94 valence electrons. The number of piperidine rings is 1. The van der Waals surface area contributed by atoms with Crippen molar-refractivity contribution in [1.82, 2.24) is 4.90 Å². The molecule has 2 rings (SSSR count). The predicted octanol–water partition coefficient (Wildman–Crippen LogP) is 2.45. The van der Waals surface area contributed by atoms with Crippen molar-refractivity contribution in [3.8, 4) is 0 Å². The highest BCUT2D eigenvalue weighted by Crippen LogP contribution is 2.26. The van der Waals surface area contributed by atoms with Gasteiger partial charge in [0, 0.05) is 12.1 Å². The van der Waals surface area contributed by atoms with Crippen LogP contribution < -0.4 is 5.73 Å². The molecular weight excluding hydrogens is 222 g/mol. The third-order valence-corrected chi connectivity index (χ3v) is 3.40. The Morgan fingerprint density at radius 3 is 2.53 bits per heavy atom. The van der Waals surface area contributed by atoms with Crippen LogP contribution in [0.1, 0.15) is 30.9 Å². The molecule has 1 aromatic rings. The van der Waals surface area contributed by atoms with Crippen LogP contribution in [0.15, 0.2) is 18.2 Å². The van der Waals surface area contributed by atoms with Gasteiger partial charge in [0.25, 0.3) is 0 Å². The summed E-state index contributed by atoms with van der Waals surface area (Å²) in [6.07, 6.45) is 3.42. The fraction of sp³-hybridized carbons (Fsp3) is 0.538. The van der Waals surface area contributed by atoms with Crippen LogP contribution in [-0.2, 0) is 0 Å². The minimum atomic E-state index is -0.794. The second kappa shape index (κ2) is 5.56. The number of hydrogen-bond acceptors (Lipinski definition) is 2. The Hall–Kier alpha value is -1.00. The van der Waals surface area contributed by atoms with Crippen molar-refractivity contribution in [2.45, 2.75) is 25.3 Å². The molecule has 1 aromatic carbocycles. The van der Waals surface area contributed by atoms with Gasteiger partial charge < -0.3 is 5.73 Å². The summed E-state index contributed by atoms with van der Waals surface area (Å²) in [7, 11) is 0. The molecule has 17 heavy (non-hydrogen) atoms. The molecule has 1 aliphatic rings. The van der Waals surface area contributed by atoms with E-state index in [2.05, 4.69) is 4.90 Å². The first-order chi connectivity index (χ1) is 8.24. The Morgan fingerprint density at radius 1 is 1.18 bits per heavy atom. The van der Waals surface area contributed by atoms with Crippen LogP contribution in [-0.4, -0.2) is 24.5 Å². The molecule has 1 unspecified atom stereocenters. The molecule has 0 aliphatic carbocycles. The summed E-state index contributed by atoms with van der Waals surface area (Å²) in [4.78, 5) is 2.15. The summed E-state index contributed by atoms with van der Waals surface area (Å²) in [5, 5.41) is 0. The van der Waals surface area contributed by atoms with Crippen LogP contribution in [0.4, 0.5) is 8.78 Å². The highest BCUT2D eigenvalue weighted by molar-refractivity contribution is 5.23. The first-order valence-electron chi connectivity index (χ1n) is 6.12. The largest absolute Gasteiger partial charge is 0.329 e. The van der Waals surface area contributed by atoms with Crippen LogP contribution in [0.2, 0.25) is 0 Å². The van der Waals surface area contributed by atoms with Gasteiger partial charge >= 0.3 is 0 Å². The number of halogens is 2. The quantitative estimate of drug-likeness (QED) is 0.879. The van der Waals surface area contributed by atoms with Gasteiger partial charge in [0.1, 0.15) is 0 Å². The van der Waals surface area contributed by atoms with E-state index in [1.54, 1.807) is 12.1 Å². The van der Waals surface area contributed by atoms with Crippen molar-refractivity contribution in [3.63, 3.8) is 0 Å². The van der Waals surface area contributed by atoms with E-state index in [9.17, 15) is 8.78 Å². The Morgan fingerprint density at radius 2 is 1.88 bits per heavy atom. The average molecular weight is 240 g/mol.